The van der Waals surface area contributed by atoms with E-state index in [1.165, 1.54) is 12.8 Å². The molecule has 0 bridgehead atoms. The van der Waals surface area contributed by atoms with Crippen LogP contribution in [0.5, 0.6) is 0 Å². The molecule has 0 aromatic heterocycles. The highest BCUT2D eigenvalue weighted by molar-refractivity contribution is 5.74. The van der Waals surface area contributed by atoms with E-state index in [0.29, 0.717) is 0 Å². The number of nitrogens with zero attached hydrogens (tertiary/aromatic N) is 1. The van der Waals surface area contributed by atoms with Crippen LogP contribution in [0.3, 0.4) is 0 Å². The largest absolute Gasteiger partial charge is 0.336 e. The number of likely N-dealkylation sites (tertiary alicyclic amines) is 1. The summed E-state index contributed by atoms with van der Waals surface area (Å²) < 4.78 is 0. The molecule has 2 rings (SSSR count). The molecule has 4 heteroatoms. The molecule has 2 aliphatic rings. The lowest BCUT2D eigenvalue weighted by atomic mass is 10.0. The van der Waals surface area contributed by atoms with Crippen LogP contribution in [-0.4, -0.2) is 42.6 Å². The molecule has 2 fully saturated rings. The van der Waals surface area contributed by atoms with Gasteiger partial charge < -0.3 is 15.5 Å². The molecule has 2 N–H and O–H groups in total. The SMILES string of the molecule is CC1(CNC(=O)N2CCCCC2)CCCN1. The number of urea groups is 1. The van der Waals surface area contributed by atoms with E-state index in [2.05, 4.69) is 17.6 Å². The predicted octanol–water partition coefficient (Wildman–Crippen LogP) is 1.32. The maximum atomic E-state index is 11.9. The van der Waals surface area contributed by atoms with Crippen molar-refractivity contribution in [2.45, 2.75) is 44.6 Å². The molecule has 1 atom stereocenters. The van der Waals surface area contributed by atoms with E-state index < -0.39 is 0 Å². The minimum Gasteiger partial charge on any atom is -0.336 e. The molecule has 0 radical (unpaired) electrons. The van der Waals surface area contributed by atoms with E-state index in [1.807, 2.05) is 4.90 Å². The Kier molecular flexibility index (Phi) is 3.69. The lowest BCUT2D eigenvalue weighted by Gasteiger charge is -2.30. The van der Waals surface area contributed by atoms with Gasteiger partial charge in [-0.15, -0.1) is 0 Å². The first-order valence-electron chi connectivity index (χ1n) is 6.47. The highest BCUT2D eigenvalue weighted by Crippen LogP contribution is 2.17. The van der Waals surface area contributed by atoms with Crippen molar-refractivity contribution < 1.29 is 4.79 Å². The van der Waals surface area contributed by atoms with Gasteiger partial charge in [0, 0.05) is 25.2 Å². The second-order valence-electron chi connectivity index (χ2n) is 5.30. The van der Waals surface area contributed by atoms with Crippen LogP contribution in [0.15, 0.2) is 0 Å². The van der Waals surface area contributed by atoms with Crippen molar-refractivity contribution in [3.63, 3.8) is 0 Å². The van der Waals surface area contributed by atoms with Crippen molar-refractivity contribution in [1.29, 1.82) is 0 Å². The lowest BCUT2D eigenvalue weighted by Crippen LogP contribution is -2.51. The normalized spacial score (nSPS) is 30.4. The molecule has 16 heavy (non-hydrogen) atoms. The van der Waals surface area contributed by atoms with Gasteiger partial charge in [-0.1, -0.05) is 0 Å². The van der Waals surface area contributed by atoms with Gasteiger partial charge in [-0.25, -0.2) is 4.79 Å². The minimum atomic E-state index is 0.117. The first-order chi connectivity index (χ1) is 7.70. The van der Waals surface area contributed by atoms with E-state index in [4.69, 9.17) is 0 Å². The average molecular weight is 225 g/mol. The third kappa shape index (κ3) is 2.88. The maximum Gasteiger partial charge on any atom is 0.317 e. The number of rotatable bonds is 2. The molecular formula is C12H23N3O. The summed E-state index contributed by atoms with van der Waals surface area (Å²) in [5, 5.41) is 6.52. The van der Waals surface area contributed by atoms with Gasteiger partial charge in [0.05, 0.1) is 0 Å². The minimum absolute atomic E-state index is 0.117. The van der Waals surface area contributed by atoms with E-state index >= 15 is 0 Å². The van der Waals surface area contributed by atoms with Crippen LogP contribution in [0.25, 0.3) is 0 Å². The smallest absolute Gasteiger partial charge is 0.317 e. The molecule has 1 unspecified atom stereocenters. The highest BCUT2D eigenvalue weighted by atomic mass is 16.2. The molecule has 2 heterocycles. The number of carbonyl (C=O) groups is 1. The average Bonchev–Trinajstić information content (AvgIpc) is 2.75. The summed E-state index contributed by atoms with van der Waals surface area (Å²) >= 11 is 0. The standard InChI is InChI=1S/C12H23N3O/c1-12(6-5-7-14-12)10-13-11(16)15-8-3-2-4-9-15/h14H,2-10H2,1H3,(H,13,16). The molecule has 2 amide bonds. The molecule has 2 saturated heterocycles. The summed E-state index contributed by atoms with van der Waals surface area (Å²) in [5.74, 6) is 0. The van der Waals surface area contributed by atoms with Crippen LogP contribution in [-0.2, 0) is 0 Å². The van der Waals surface area contributed by atoms with Crippen molar-refractivity contribution in [3.05, 3.63) is 0 Å². The van der Waals surface area contributed by atoms with Crippen molar-refractivity contribution >= 4 is 6.03 Å². The van der Waals surface area contributed by atoms with E-state index in [0.717, 1.165) is 45.4 Å². The molecule has 92 valence electrons. The van der Waals surface area contributed by atoms with Gasteiger partial charge in [0.1, 0.15) is 0 Å². The zero-order valence-corrected chi connectivity index (χ0v) is 10.2. The lowest BCUT2D eigenvalue weighted by molar-refractivity contribution is 0.183. The van der Waals surface area contributed by atoms with Gasteiger partial charge in [0.15, 0.2) is 0 Å². The molecule has 4 nitrogen and oxygen atoms in total. The Labute approximate surface area is 97.8 Å². The molecule has 2 aliphatic heterocycles. The van der Waals surface area contributed by atoms with Crippen LogP contribution in [0.1, 0.15) is 39.0 Å². The third-order valence-corrected chi connectivity index (χ3v) is 3.73. The fourth-order valence-corrected chi connectivity index (χ4v) is 2.59. The number of nitrogens with one attached hydrogen (secondary N) is 2. The summed E-state index contributed by atoms with van der Waals surface area (Å²) in [6.45, 7) is 5.88. The van der Waals surface area contributed by atoms with Gasteiger partial charge in [0.25, 0.3) is 0 Å². The Balaban J connectivity index is 1.74. The zero-order chi connectivity index (χ0) is 11.4. The zero-order valence-electron chi connectivity index (χ0n) is 10.2. The maximum absolute atomic E-state index is 11.9. The van der Waals surface area contributed by atoms with Gasteiger partial charge >= 0.3 is 6.03 Å². The number of hydrogen-bond donors (Lipinski definition) is 2. The van der Waals surface area contributed by atoms with E-state index in [1.54, 1.807) is 0 Å². The summed E-state index contributed by atoms with van der Waals surface area (Å²) in [5.41, 5.74) is 0.117. The summed E-state index contributed by atoms with van der Waals surface area (Å²) in [6.07, 6.45) is 5.96. The molecule has 0 saturated carbocycles. The van der Waals surface area contributed by atoms with Crippen molar-refractivity contribution in [2.24, 2.45) is 0 Å². The Bertz CT molecular complexity index is 243. The third-order valence-electron chi connectivity index (χ3n) is 3.73. The van der Waals surface area contributed by atoms with Gasteiger partial charge in [-0.3, -0.25) is 0 Å². The monoisotopic (exact) mass is 225 g/mol. The number of carbonyl (C=O) groups excluding carboxylic acids is 1. The van der Waals surface area contributed by atoms with Gasteiger partial charge in [-0.05, 0) is 45.6 Å². The first-order valence-corrected chi connectivity index (χ1v) is 6.47. The van der Waals surface area contributed by atoms with E-state index in [9.17, 15) is 4.79 Å². The topological polar surface area (TPSA) is 44.4 Å². The van der Waals surface area contributed by atoms with E-state index in [-0.39, 0.29) is 11.6 Å². The van der Waals surface area contributed by atoms with Gasteiger partial charge in [-0.2, -0.15) is 0 Å². The highest BCUT2D eigenvalue weighted by Gasteiger charge is 2.29. The van der Waals surface area contributed by atoms with Crippen LogP contribution in [0, 0.1) is 0 Å². The Morgan fingerprint density at radius 2 is 2.06 bits per heavy atom. The molecule has 0 spiro atoms. The summed E-state index contributed by atoms with van der Waals surface area (Å²) in [4.78, 5) is 13.8. The van der Waals surface area contributed by atoms with Crippen molar-refractivity contribution in [1.82, 2.24) is 15.5 Å². The number of amides is 2. The van der Waals surface area contributed by atoms with Crippen molar-refractivity contribution in [3.8, 4) is 0 Å². The number of hydrogen-bond acceptors (Lipinski definition) is 2. The molecule has 0 aromatic carbocycles. The second-order valence-corrected chi connectivity index (χ2v) is 5.30. The molecule has 0 aliphatic carbocycles. The Morgan fingerprint density at radius 3 is 2.69 bits per heavy atom. The predicted molar refractivity (Wildman–Crippen MR) is 64.5 cm³/mol. The fourth-order valence-electron chi connectivity index (χ4n) is 2.59. The van der Waals surface area contributed by atoms with Crippen LogP contribution >= 0.6 is 0 Å². The Morgan fingerprint density at radius 1 is 1.31 bits per heavy atom. The van der Waals surface area contributed by atoms with Crippen LogP contribution in [0.2, 0.25) is 0 Å². The van der Waals surface area contributed by atoms with Gasteiger partial charge in [0.2, 0.25) is 0 Å². The number of piperidine rings is 1. The quantitative estimate of drug-likeness (QED) is 0.744. The first kappa shape index (κ1) is 11.7. The molecular weight excluding hydrogens is 202 g/mol. The van der Waals surface area contributed by atoms with Crippen molar-refractivity contribution in [2.75, 3.05) is 26.2 Å². The summed E-state index contributed by atoms with van der Waals surface area (Å²) in [6, 6.07) is 0.120. The van der Waals surface area contributed by atoms with Crippen LogP contribution in [0.4, 0.5) is 4.79 Å². The van der Waals surface area contributed by atoms with Crippen LogP contribution < -0.4 is 10.6 Å². The molecule has 0 aromatic rings. The fraction of sp³-hybridized carbons (Fsp3) is 0.917. The Hall–Kier alpha value is -0.770. The second kappa shape index (κ2) is 5.04. The summed E-state index contributed by atoms with van der Waals surface area (Å²) in [7, 11) is 0.